The second kappa shape index (κ2) is 6.83. The number of aromatic nitrogens is 1. The zero-order chi connectivity index (χ0) is 14.5. The fraction of sp³-hybridized carbons (Fsp3) is 0.500. The van der Waals surface area contributed by atoms with Crippen LogP contribution >= 0.6 is 15.9 Å². The molecule has 0 radical (unpaired) electrons. The molecule has 1 atom stereocenters. The first-order chi connectivity index (χ1) is 9.58. The van der Waals surface area contributed by atoms with Crippen molar-refractivity contribution in [1.82, 2.24) is 15.2 Å². The Hall–Kier alpha value is -1.43. The van der Waals surface area contributed by atoms with Gasteiger partial charge in [-0.05, 0) is 54.2 Å². The van der Waals surface area contributed by atoms with Gasteiger partial charge in [-0.25, -0.2) is 4.98 Å². The SMILES string of the molecule is CC(NC(=O)c1ccnc(Br)c1)C(=O)N1CCCCC1. The average Bonchev–Trinajstić information content (AvgIpc) is 2.47. The summed E-state index contributed by atoms with van der Waals surface area (Å²) in [6, 6.07) is 2.75. The predicted molar refractivity (Wildman–Crippen MR) is 79.3 cm³/mol. The summed E-state index contributed by atoms with van der Waals surface area (Å²) < 4.78 is 0.597. The number of hydrogen-bond donors (Lipinski definition) is 1. The number of carbonyl (C=O) groups is 2. The molecule has 1 N–H and O–H groups in total. The van der Waals surface area contributed by atoms with Crippen molar-refractivity contribution < 1.29 is 9.59 Å². The summed E-state index contributed by atoms with van der Waals surface area (Å²) in [7, 11) is 0. The highest BCUT2D eigenvalue weighted by Gasteiger charge is 2.23. The molecule has 108 valence electrons. The number of likely N-dealkylation sites (tertiary alicyclic amines) is 1. The van der Waals surface area contributed by atoms with Crippen molar-refractivity contribution in [3.63, 3.8) is 0 Å². The molecule has 5 nitrogen and oxygen atoms in total. The number of halogens is 1. The van der Waals surface area contributed by atoms with Crippen molar-refractivity contribution in [2.24, 2.45) is 0 Å². The van der Waals surface area contributed by atoms with Crippen LogP contribution in [0.1, 0.15) is 36.5 Å². The van der Waals surface area contributed by atoms with Gasteiger partial charge in [0, 0.05) is 24.8 Å². The van der Waals surface area contributed by atoms with Gasteiger partial charge in [-0.2, -0.15) is 0 Å². The van der Waals surface area contributed by atoms with Crippen LogP contribution in [0.3, 0.4) is 0 Å². The molecule has 6 heteroatoms. The Kier molecular flexibility index (Phi) is 5.11. The van der Waals surface area contributed by atoms with Crippen LogP contribution < -0.4 is 5.32 Å². The van der Waals surface area contributed by atoms with Gasteiger partial charge in [0.25, 0.3) is 5.91 Å². The minimum atomic E-state index is -0.507. The number of nitrogens with zero attached hydrogens (tertiary/aromatic N) is 2. The lowest BCUT2D eigenvalue weighted by Crippen LogP contribution is -2.48. The van der Waals surface area contributed by atoms with E-state index in [0.29, 0.717) is 10.2 Å². The van der Waals surface area contributed by atoms with E-state index in [1.165, 1.54) is 6.42 Å². The molecule has 1 saturated heterocycles. The van der Waals surface area contributed by atoms with Gasteiger partial charge in [0.1, 0.15) is 10.6 Å². The van der Waals surface area contributed by atoms with Gasteiger partial charge >= 0.3 is 0 Å². The highest BCUT2D eigenvalue weighted by Crippen LogP contribution is 2.11. The van der Waals surface area contributed by atoms with Gasteiger partial charge in [-0.1, -0.05) is 0 Å². The largest absolute Gasteiger partial charge is 0.341 e. The number of carbonyl (C=O) groups excluding carboxylic acids is 2. The third-order valence-corrected chi connectivity index (χ3v) is 3.81. The van der Waals surface area contributed by atoms with Crippen LogP contribution in [0.4, 0.5) is 0 Å². The molecular weight excluding hydrogens is 322 g/mol. The first-order valence-corrected chi connectivity index (χ1v) is 7.58. The van der Waals surface area contributed by atoms with Crippen molar-refractivity contribution in [3.05, 3.63) is 28.5 Å². The van der Waals surface area contributed by atoms with E-state index in [1.807, 2.05) is 4.90 Å². The minimum absolute atomic E-state index is 0.00817. The van der Waals surface area contributed by atoms with Crippen LogP contribution in [0, 0.1) is 0 Å². The molecule has 2 rings (SSSR count). The Morgan fingerprint density at radius 2 is 2.05 bits per heavy atom. The fourth-order valence-electron chi connectivity index (χ4n) is 2.27. The Labute approximate surface area is 126 Å². The maximum absolute atomic E-state index is 12.2. The zero-order valence-electron chi connectivity index (χ0n) is 11.4. The molecule has 2 amide bonds. The Bertz CT molecular complexity index is 501. The molecule has 0 bridgehead atoms. The first kappa shape index (κ1) is 15.0. The van der Waals surface area contributed by atoms with Crippen LogP contribution in [0.25, 0.3) is 0 Å². The van der Waals surface area contributed by atoms with E-state index < -0.39 is 6.04 Å². The summed E-state index contributed by atoms with van der Waals surface area (Å²) in [5.74, 6) is -0.267. The summed E-state index contributed by atoms with van der Waals surface area (Å²) in [6.07, 6.45) is 4.82. The molecule has 2 heterocycles. The molecule has 20 heavy (non-hydrogen) atoms. The van der Waals surface area contributed by atoms with Crippen LogP contribution in [0.5, 0.6) is 0 Å². The number of rotatable bonds is 3. The lowest BCUT2D eigenvalue weighted by Gasteiger charge is -2.29. The molecule has 0 aliphatic carbocycles. The maximum Gasteiger partial charge on any atom is 0.252 e. The molecule has 1 aliphatic heterocycles. The van der Waals surface area contributed by atoms with Gasteiger partial charge in [0.2, 0.25) is 5.91 Å². The van der Waals surface area contributed by atoms with E-state index in [1.54, 1.807) is 25.3 Å². The minimum Gasteiger partial charge on any atom is -0.341 e. The third kappa shape index (κ3) is 3.79. The van der Waals surface area contributed by atoms with E-state index in [-0.39, 0.29) is 11.8 Å². The van der Waals surface area contributed by atoms with Crippen LogP contribution in [0.15, 0.2) is 22.9 Å². The van der Waals surface area contributed by atoms with Crippen molar-refractivity contribution in [3.8, 4) is 0 Å². The van der Waals surface area contributed by atoms with E-state index in [2.05, 4.69) is 26.2 Å². The maximum atomic E-state index is 12.2. The van der Waals surface area contributed by atoms with Crippen molar-refractivity contribution >= 4 is 27.7 Å². The average molecular weight is 340 g/mol. The van der Waals surface area contributed by atoms with E-state index >= 15 is 0 Å². The van der Waals surface area contributed by atoms with Crippen LogP contribution in [0.2, 0.25) is 0 Å². The van der Waals surface area contributed by atoms with Gasteiger partial charge < -0.3 is 10.2 Å². The van der Waals surface area contributed by atoms with Gasteiger partial charge in [-0.3, -0.25) is 9.59 Å². The standard InChI is InChI=1S/C14H18BrN3O2/c1-10(14(20)18-7-3-2-4-8-18)17-13(19)11-5-6-16-12(15)9-11/h5-6,9-10H,2-4,7-8H2,1H3,(H,17,19). The van der Waals surface area contributed by atoms with Gasteiger partial charge in [0.05, 0.1) is 0 Å². The summed E-state index contributed by atoms with van der Waals surface area (Å²) in [6.45, 7) is 3.31. The molecule has 0 aromatic carbocycles. The van der Waals surface area contributed by atoms with Crippen LogP contribution in [-0.4, -0.2) is 40.8 Å². The summed E-state index contributed by atoms with van der Waals surface area (Å²) in [4.78, 5) is 30.1. The molecule has 1 fully saturated rings. The summed E-state index contributed by atoms with van der Waals surface area (Å²) in [5.41, 5.74) is 0.491. The smallest absolute Gasteiger partial charge is 0.252 e. The first-order valence-electron chi connectivity index (χ1n) is 6.79. The third-order valence-electron chi connectivity index (χ3n) is 3.37. The summed E-state index contributed by atoms with van der Waals surface area (Å²) in [5, 5.41) is 2.74. The number of amides is 2. The molecule has 1 unspecified atom stereocenters. The number of nitrogens with one attached hydrogen (secondary N) is 1. The quantitative estimate of drug-likeness (QED) is 0.856. The highest BCUT2D eigenvalue weighted by atomic mass is 79.9. The Morgan fingerprint density at radius 3 is 2.70 bits per heavy atom. The van der Waals surface area contributed by atoms with E-state index in [0.717, 1.165) is 25.9 Å². The number of pyridine rings is 1. The zero-order valence-corrected chi connectivity index (χ0v) is 13.0. The fourth-order valence-corrected chi connectivity index (χ4v) is 2.64. The molecule has 0 saturated carbocycles. The van der Waals surface area contributed by atoms with Crippen molar-refractivity contribution in [1.29, 1.82) is 0 Å². The van der Waals surface area contributed by atoms with E-state index in [4.69, 9.17) is 0 Å². The molecule has 1 aromatic rings. The highest BCUT2D eigenvalue weighted by molar-refractivity contribution is 9.10. The molecule has 1 aromatic heterocycles. The monoisotopic (exact) mass is 339 g/mol. The molecule has 0 spiro atoms. The second-order valence-electron chi connectivity index (χ2n) is 4.95. The molecular formula is C14H18BrN3O2. The van der Waals surface area contributed by atoms with Crippen molar-refractivity contribution in [2.45, 2.75) is 32.2 Å². The Morgan fingerprint density at radius 1 is 1.35 bits per heavy atom. The van der Waals surface area contributed by atoms with Gasteiger partial charge in [0.15, 0.2) is 0 Å². The second-order valence-corrected chi connectivity index (χ2v) is 5.76. The number of piperidine rings is 1. The van der Waals surface area contributed by atoms with Gasteiger partial charge in [-0.15, -0.1) is 0 Å². The lowest BCUT2D eigenvalue weighted by atomic mass is 10.1. The summed E-state index contributed by atoms with van der Waals surface area (Å²) >= 11 is 3.22. The number of hydrogen-bond acceptors (Lipinski definition) is 3. The van der Waals surface area contributed by atoms with Crippen LogP contribution in [-0.2, 0) is 4.79 Å². The lowest BCUT2D eigenvalue weighted by molar-refractivity contribution is -0.133. The Balaban J connectivity index is 1.94. The normalized spacial score (nSPS) is 16.6. The van der Waals surface area contributed by atoms with E-state index in [9.17, 15) is 9.59 Å². The molecule has 1 aliphatic rings. The predicted octanol–water partition coefficient (Wildman–Crippen LogP) is 1.97. The van der Waals surface area contributed by atoms with Crippen molar-refractivity contribution in [2.75, 3.05) is 13.1 Å². The topological polar surface area (TPSA) is 62.3 Å².